The summed E-state index contributed by atoms with van der Waals surface area (Å²) in [5.74, 6) is -0.116. The van der Waals surface area contributed by atoms with Gasteiger partial charge in [-0.3, -0.25) is 14.6 Å². The van der Waals surface area contributed by atoms with Crippen LogP contribution in [-0.4, -0.2) is 25.9 Å². The molecular weight excluding hydrogens is 230 g/mol. The standard InChI is InChI=1S/C12H15N5O/c1-17-11-4-2-3-9(8(11)7-14-17)15-12(18)10-5-6-13-16-10/h5-7,9H,2-4H2,1H3,(H,13,16)(H,15,18)/t9-/m0/s1. The van der Waals surface area contributed by atoms with Crippen molar-refractivity contribution in [2.24, 2.45) is 7.05 Å². The number of aromatic amines is 1. The molecule has 0 unspecified atom stereocenters. The van der Waals surface area contributed by atoms with Gasteiger partial charge in [0.1, 0.15) is 5.69 Å². The van der Waals surface area contributed by atoms with Crippen molar-refractivity contribution in [1.82, 2.24) is 25.3 Å². The Hall–Kier alpha value is -2.11. The Balaban J connectivity index is 1.80. The summed E-state index contributed by atoms with van der Waals surface area (Å²) in [7, 11) is 1.94. The Bertz CT molecular complexity index is 557. The molecular formula is C12H15N5O. The lowest BCUT2D eigenvalue weighted by molar-refractivity contribution is 0.0927. The Morgan fingerprint density at radius 1 is 1.61 bits per heavy atom. The third kappa shape index (κ3) is 1.79. The molecule has 6 nitrogen and oxygen atoms in total. The molecule has 18 heavy (non-hydrogen) atoms. The van der Waals surface area contributed by atoms with Gasteiger partial charge in [-0.2, -0.15) is 10.2 Å². The van der Waals surface area contributed by atoms with Gasteiger partial charge in [-0.05, 0) is 25.3 Å². The number of nitrogens with one attached hydrogen (secondary N) is 2. The largest absolute Gasteiger partial charge is 0.344 e. The van der Waals surface area contributed by atoms with Gasteiger partial charge in [-0.1, -0.05) is 0 Å². The van der Waals surface area contributed by atoms with Crippen LogP contribution in [0.2, 0.25) is 0 Å². The first-order valence-electron chi connectivity index (χ1n) is 6.06. The normalized spacial score (nSPS) is 18.4. The maximum Gasteiger partial charge on any atom is 0.269 e. The predicted molar refractivity (Wildman–Crippen MR) is 64.9 cm³/mol. The minimum atomic E-state index is -0.116. The molecule has 0 fully saturated rings. The molecule has 0 saturated heterocycles. The Labute approximate surface area is 104 Å². The van der Waals surface area contributed by atoms with Crippen molar-refractivity contribution < 1.29 is 4.79 Å². The van der Waals surface area contributed by atoms with Crippen LogP contribution >= 0.6 is 0 Å². The van der Waals surface area contributed by atoms with Gasteiger partial charge in [0.2, 0.25) is 0 Å². The maximum absolute atomic E-state index is 12.0. The molecule has 0 aromatic carbocycles. The number of hydrogen-bond acceptors (Lipinski definition) is 3. The van der Waals surface area contributed by atoms with Gasteiger partial charge in [0, 0.05) is 24.5 Å². The van der Waals surface area contributed by atoms with Crippen LogP contribution in [-0.2, 0) is 13.5 Å². The zero-order valence-corrected chi connectivity index (χ0v) is 10.2. The maximum atomic E-state index is 12.0. The molecule has 2 heterocycles. The van der Waals surface area contributed by atoms with E-state index in [0.29, 0.717) is 5.69 Å². The Morgan fingerprint density at radius 3 is 3.28 bits per heavy atom. The highest BCUT2D eigenvalue weighted by atomic mass is 16.2. The molecule has 0 spiro atoms. The SMILES string of the molecule is Cn1ncc2c1CCC[C@@H]2NC(=O)c1ccn[nH]1. The van der Waals surface area contributed by atoms with Gasteiger partial charge < -0.3 is 5.32 Å². The number of nitrogens with zero attached hydrogens (tertiary/aromatic N) is 3. The van der Waals surface area contributed by atoms with E-state index in [1.807, 2.05) is 17.9 Å². The highest BCUT2D eigenvalue weighted by Gasteiger charge is 2.25. The summed E-state index contributed by atoms with van der Waals surface area (Å²) in [6, 6.07) is 1.72. The highest BCUT2D eigenvalue weighted by molar-refractivity contribution is 5.92. The molecule has 0 bridgehead atoms. The molecule has 2 aromatic heterocycles. The monoisotopic (exact) mass is 245 g/mol. The van der Waals surface area contributed by atoms with Crippen LogP contribution in [0.3, 0.4) is 0 Å². The summed E-state index contributed by atoms with van der Waals surface area (Å²) < 4.78 is 1.89. The molecule has 1 atom stereocenters. The molecule has 0 saturated carbocycles. The third-order valence-electron chi connectivity index (χ3n) is 3.43. The lowest BCUT2D eigenvalue weighted by Gasteiger charge is -2.23. The molecule has 1 aliphatic rings. The summed E-state index contributed by atoms with van der Waals surface area (Å²) >= 11 is 0. The summed E-state index contributed by atoms with van der Waals surface area (Å²) in [5.41, 5.74) is 2.85. The van der Waals surface area contributed by atoms with E-state index in [9.17, 15) is 4.79 Å². The molecule has 0 aliphatic heterocycles. The highest BCUT2D eigenvalue weighted by Crippen LogP contribution is 2.29. The van der Waals surface area contributed by atoms with Gasteiger partial charge in [0.25, 0.3) is 5.91 Å². The zero-order chi connectivity index (χ0) is 12.5. The van der Waals surface area contributed by atoms with Crippen molar-refractivity contribution >= 4 is 5.91 Å². The van der Waals surface area contributed by atoms with Crippen molar-refractivity contribution in [3.05, 3.63) is 35.4 Å². The van der Waals surface area contributed by atoms with Crippen molar-refractivity contribution in [3.63, 3.8) is 0 Å². The van der Waals surface area contributed by atoms with Gasteiger partial charge in [0.05, 0.1) is 12.2 Å². The second kappa shape index (κ2) is 4.29. The fourth-order valence-corrected chi connectivity index (χ4v) is 2.47. The second-order valence-corrected chi connectivity index (χ2v) is 4.56. The Kier molecular flexibility index (Phi) is 2.62. The van der Waals surface area contributed by atoms with Crippen LogP contribution in [0.15, 0.2) is 18.5 Å². The molecule has 2 N–H and O–H groups in total. The fourth-order valence-electron chi connectivity index (χ4n) is 2.47. The van der Waals surface area contributed by atoms with E-state index in [0.717, 1.165) is 24.8 Å². The van der Waals surface area contributed by atoms with Crippen molar-refractivity contribution in [2.45, 2.75) is 25.3 Å². The number of aryl methyl sites for hydroxylation is 1. The minimum absolute atomic E-state index is 0.0539. The van der Waals surface area contributed by atoms with E-state index in [4.69, 9.17) is 0 Å². The summed E-state index contributed by atoms with van der Waals surface area (Å²) in [6.07, 6.45) is 6.49. The average molecular weight is 245 g/mol. The average Bonchev–Trinajstić information content (AvgIpc) is 3.00. The number of H-pyrrole nitrogens is 1. The van der Waals surface area contributed by atoms with Crippen LogP contribution in [0.1, 0.15) is 40.6 Å². The number of hydrogen-bond donors (Lipinski definition) is 2. The fraction of sp³-hybridized carbons (Fsp3) is 0.417. The number of carbonyl (C=O) groups excluding carboxylic acids is 1. The lowest BCUT2D eigenvalue weighted by Crippen LogP contribution is -2.31. The number of rotatable bonds is 2. The minimum Gasteiger partial charge on any atom is -0.344 e. The third-order valence-corrected chi connectivity index (χ3v) is 3.43. The molecule has 3 rings (SSSR count). The number of fused-ring (bicyclic) bond motifs is 1. The molecule has 0 radical (unpaired) electrons. The van der Waals surface area contributed by atoms with Crippen molar-refractivity contribution in [1.29, 1.82) is 0 Å². The van der Waals surface area contributed by atoms with Crippen molar-refractivity contribution in [2.75, 3.05) is 0 Å². The predicted octanol–water partition coefficient (Wildman–Crippen LogP) is 0.951. The van der Waals surface area contributed by atoms with E-state index in [1.54, 1.807) is 12.3 Å². The van der Waals surface area contributed by atoms with E-state index >= 15 is 0 Å². The summed E-state index contributed by atoms with van der Waals surface area (Å²) in [5, 5.41) is 13.7. The van der Waals surface area contributed by atoms with Crippen LogP contribution in [0, 0.1) is 0 Å². The first-order valence-corrected chi connectivity index (χ1v) is 6.06. The number of carbonyl (C=O) groups is 1. The van der Waals surface area contributed by atoms with Gasteiger partial charge in [0.15, 0.2) is 0 Å². The molecule has 2 aromatic rings. The van der Waals surface area contributed by atoms with E-state index in [-0.39, 0.29) is 11.9 Å². The second-order valence-electron chi connectivity index (χ2n) is 4.56. The first-order chi connectivity index (χ1) is 8.75. The van der Waals surface area contributed by atoms with Crippen LogP contribution < -0.4 is 5.32 Å². The number of aromatic nitrogens is 4. The zero-order valence-electron chi connectivity index (χ0n) is 10.2. The lowest BCUT2D eigenvalue weighted by atomic mass is 9.93. The molecule has 94 valence electrons. The van der Waals surface area contributed by atoms with Crippen LogP contribution in [0.25, 0.3) is 0 Å². The molecule has 1 aliphatic carbocycles. The van der Waals surface area contributed by atoms with Crippen molar-refractivity contribution in [3.8, 4) is 0 Å². The first kappa shape index (κ1) is 11.0. The molecule has 1 amide bonds. The van der Waals surface area contributed by atoms with E-state index < -0.39 is 0 Å². The number of amides is 1. The summed E-state index contributed by atoms with van der Waals surface area (Å²) in [4.78, 5) is 12.0. The topological polar surface area (TPSA) is 75.6 Å². The van der Waals surface area contributed by atoms with Gasteiger partial charge >= 0.3 is 0 Å². The quantitative estimate of drug-likeness (QED) is 0.827. The van der Waals surface area contributed by atoms with E-state index in [1.165, 1.54) is 5.69 Å². The summed E-state index contributed by atoms with van der Waals surface area (Å²) in [6.45, 7) is 0. The van der Waals surface area contributed by atoms with Gasteiger partial charge in [-0.25, -0.2) is 0 Å². The van der Waals surface area contributed by atoms with E-state index in [2.05, 4.69) is 20.6 Å². The van der Waals surface area contributed by atoms with Gasteiger partial charge in [-0.15, -0.1) is 0 Å². The molecule has 6 heteroatoms. The van der Waals surface area contributed by atoms with Crippen LogP contribution in [0.4, 0.5) is 0 Å². The van der Waals surface area contributed by atoms with Crippen LogP contribution in [0.5, 0.6) is 0 Å². The Morgan fingerprint density at radius 2 is 2.50 bits per heavy atom. The smallest absolute Gasteiger partial charge is 0.269 e.